The number of hydrogen-bond acceptors (Lipinski definition) is 4. The molecule has 0 radical (unpaired) electrons. The van der Waals surface area contributed by atoms with Crippen LogP contribution in [-0.4, -0.2) is 33.7 Å². The number of benzene rings is 1. The van der Waals surface area contributed by atoms with Gasteiger partial charge in [0.05, 0.1) is 0 Å². The molecule has 1 saturated heterocycles. The molecule has 2 heterocycles. The topological polar surface area (TPSA) is 67.2 Å². The minimum atomic E-state index is -0.266. The highest BCUT2D eigenvalue weighted by molar-refractivity contribution is 5.91. The van der Waals surface area contributed by atoms with E-state index in [0.717, 1.165) is 18.5 Å². The van der Waals surface area contributed by atoms with Crippen molar-refractivity contribution in [2.45, 2.75) is 52.2 Å². The molecule has 0 spiro atoms. The summed E-state index contributed by atoms with van der Waals surface area (Å²) in [5, 5.41) is 7.02. The van der Waals surface area contributed by atoms with Crippen LogP contribution in [0.25, 0.3) is 0 Å². The maximum absolute atomic E-state index is 12.3. The predicted octanol–water partition coefficient (Wildman–Crippen LogP) is 2.57. The number of aryl methyl sites for hydroxylation is 1. The zero-order valence-electron chi connectivity index (χ0n) is 16.0. The summed E-state index contributed by atoms with van der Waals surface area (Å²) in [6.45, 7) is 6.29. The summed E-state index contributed by atoms with van der Waals surface area (Å²) in [6, 6.07) is 11.3. The molecule has 1 aliphatic rings. The predicted molar refractivity (Wildman–Crippen MR) is 106 cm³/mol. The summed E-state index contributed by atoms with van der Waals surface area (Å²) in [4.78, 5) is 26.5. The molecule has 27 heavy (non-hydrogen) atoms. The Labute approximate surface area is 160 Å². The molecular formula is C21H28N4O2. The average molecular weight is 368 g/mol. The van der Waals surface area contributed by atoms with Crippen molar-refractivity contribution in [2.75, 3.05) is 13.1 Å². The van der Waals surface area contributed by atoms with Crippen molar-refractivity contribution in [3.8, 4) is 0 Å². The first-order valence-electron chi connectivity index (χ1n) is 9.82. The quantitative estimate of drug-likeness (QED) is 0.816. The molecule has 0 atom stereocenters. The monoisotopic (exact) mass is 368 g/mol. The lowest BCUT2D eigenvalue weighted by Gasteiger charge is -2.26. The van der Waals surface area contributed by atoms with Crippen molar-refractivity contribution in [1.29, 1.82) is 0 Å². The second kappa shape index (κ2) is 9.46. The number of piperidine rings is 1. The Morgan fingerprint density at radius 1 is 1.04 bits per heavy atom. The van der Waals surface area contributed by atoms with Gasteiger partial charge in [0.15, 0.2) is 0 Å². The number of amides is 1. The molecule has 144 valence electrons. The largest absolute Gasteiger partial charge is 0.347 e. The van der Waals surface area contributed by atoms with Gasteiger partial charge in [-0.1, -0.05) is 37.6 Å². The Kier molecular flexibility index (Phi) is 6.76. The second-order valence-electron chi connectivity index (χ2n) is 7.12. The highest BCUT2D eigenvalue weighted by Crippen LogP contribution is 2.13. The maximum Gasteiger partial charge on any atom is 0.271 e. The third-order valence-corrected chi connectivity index (χ3v) is 4.87. The van der Waals surface area contributed by atoms with E-state index in [1.165, 1.54) is 54.7 Å². The summed E-state index contributed by atoms with van der Waals surface area (Å²) in [6.07, 6.45) is 4.73. The molecule has 1 aliphatic heterocycles. The van der Waals surface area contributed by atoms with Gasteiger partial charge in [-0.3, -0.25) is 14.5 Å². The number of carbonyl (C=O) groups excluding carboxylic acids is 1. The molecule has 0 bridgehead atoms. The number of carbonyl (C=O) groups is 1. The summed E-state index contributed by atoms with van der Waals surface area (Å²) >= 11 is 0. The third-order valence-electron chi connectivity index (χ3n) is 4.87. The first-order chi connectivity index (χ1) is 13.2. The molecular weight excluding hydrogens is 340 g/mol. The summed E-state index contributed by atoms with van der Waals surface area (Å²) < 4.78 is 1.34. The van der Waals surface area contributed by atoms with Crippen LogP contribution in [0.1, 0.15) is 54.2 Å². The number of rotatable bonds is 7. The lowest BCUT2D eigenvalue weighted by Crippen LogP contribution is -2.29. The number of likely N-dealkylation sites (tertiary alicyclic amines) is 1. The highest BCUT2D eigenvalue weighted by Gasteiger charge is 2.11. The minimum absolute atomic E-state index is 0.183. The van der Waals surface area contributed by atoms with Gasteiger partial charge in [0.1, 0.15) is 5.69 Å². The Morgan fingerprint density at radius 2 is 1.74 bits per heavy atom. The number of nitrogens with zero attached hydrogens (tertiary/aromatic N) is 3. The second-order valence-corrected chi connectivity index (χ2v) is 7.12. The minimum Gasteiger partial charge on any atom is -0.347 e. The Hall–Kier alpha value is -2.47. The van der Waals surface area contributed by atoms with Crippen molar-refractivity contribution >= 4 is 5.91 Å². The average Bonchev–Trinajstić information content (AvgIpc) is 2.70. The number of aromatic nitrogens is 2. The molecule has 1 aromatic heterocycles. The van der Waals surface area contributed by atoms with Crippen LogP contribution in [0.2, 0.25) is 0 Å². The normalized spacial score (nSPS) is 14.9. The molecule has 6 nitrogen and oxygen atoms in total. The van der Waals surface area contributed by atoms with E-state index in [2.05, 4.69) is 39.6 Å². The molecule has 6 heteroatoms. The van der Waals surface area contributed by atoms with Crippen LogP contribution in [0.4, 0.5) is 0 Å². The van der Waals surface area contributed by atoms with Crippen molar-refractivity contribution in [3.63, 3.8) is 0 Å². The van der Waals surface area contributed by atoms with Crippen LogP contribution in [0.3, 0.4) is 0 Å². The van der Waals surface area contributed by atoms with E-state index in [0.29, 0.717) is 13.1 Å². The van der Waals surface area contributed by atoms with Gasteiger partial charge in [-0.05, 0) is 49.5 Å². The Morgan fingerprint density at radius 3 is 2.44 bits per heavy atom. The molecule has 0 unspecified atom stereocenters. The van der Waals surface area contributed by atoms with Gasteiger partial charge in [-0.25, -0.2) is 4.68 Å². The van der Waals surface area contributed by atoms with Crippen LogP contribution in [0, 0.1) is 0 Å². The molecule has 1 N–H and O–H groups in total. The standard InChI is InChI=1S/C21H28N4O2/c1-2-12-25-20(26)11-10-19(23-25)21(27)22-15-17-6-8-18(9-7-17)16-24-13-4-3-5-14-24/h6-11H,2-5,12-16H2,1H3,(H,22,27). The first kappa shape index (κ1) is 19.3. The maximum atomic E-state index is 12.3. The van der Waals surface area contributed by atoms with Gasteiger partial charge in [-0.2, -0.15) is 5.10 Å². The fraction of sp³-hybridized carbons (Fsp3) is 0.476. The Bertz CT molecular complexity index is 808. The van der Waals surface area contributed by atoms with Crippen LogP contribution in [-0.2, 0) is 19.6 Å². The van der Waals surface area contributed by atoms with E-state index in [1.807, 2.05) is 6.92 Å². The fourth-order valence-corrected chi connectivity index (χ4v) is 3.35. The van der Waals surface area contributed by atoms with E-state index in [-0.39, 0.29) is 17.2 Å². The van der Waals surface area contributed by atoms with Gasteiger partial charge in [0.25, 0.3) is 11.5 Å². The summed E-state index contributed by atoms with van der Waals surface area (Å²) in [5.41, 5.74) is 2.44. The zero-order valence-corrected chi connectivity index (χ0v) is 16.0. The van der Waals surface area contributed by atoms with Gasteiger partial charge in [-0.15, -0.1) is 0 Å². The third kappa shape index (κ3) is 5.50. The lowest BCUT2D eigenvalue weighted by molar-refractivity contribution is 0.0943. The van der Waals surface area contributed by atoms with E-state index < -0.39 is 0 Å². The summed E-state index contributed by atoms with van der Waals surface area (Å²) in [7, 11) is 0. The van der Waals surface area contributed by atoms with Crippen LogP contribution < -0.4 is 10.9 Å². The van der Waals surface area contributed by atoms with Crippen molar-refractivity contribution in [1.82, 2.24) is 20.0 Å². The van der Waals surface area contributed by atoms with E-state index in [1.54, 1.807) is 0 Å². The SMILES string of the molecule is CCCn1nc(C(=O)NCc2ccc(CN3CCCCC3)cc2)ccc1=O. The molecule has 3 rings (SSSR count). The van der Waals surface area contributed by atoms with Gasteiger partial charge in [0, 0.05) is 25.7 Å². The van der Waals surface area contributed by atoms with Crippen LogP contribution >= 0.6 is 0 Å². The summed E-state index contributed by atoms with van der Waals surface area (Å²) in [5.74, 6) is -0.266. The number of hydrogen-bond donors (Lipinski definition) is 1. The smallest absolute Gasteiger partial charge is 0.271 e. The van der Waals surface area contributed by atoms with Crippen molar-refractivity contribution < 1.29 is 4.79 Å². The van der Waals surface area contributed by atoms with Crippen molar-refractivity contribution in [3.05, 3.63) is 63.6 Å². The molecule has 2 aromatic rings. The lowest BCUT2D eigenvalue weighted by atomic mass is 10.1. The zero-order chi connectivity index (χ0) is 19.1. The molecule has 1 amide bonds. The van der Waals surface area contributed by atoms with Gasteiger partial charge in [0.2, 0.25) is 0 Å². The van der Waals surface area contributed by atoms with Crippen LogP contribution in [0.5, 0.6) is 0 Å². The van der Waals surface area contributed by atoms with Gasteiger partial charge >= 0.3 is 0 Å². The molecule has 1 fully saturated rings. The highest BCUT2D eigenvalue weighted by atomic mass is 16.2. The molecule has 1 aromatic carbocycles. The molecule has 0 saturated carbocycles. The first-order valence-corrected chi connectivity index (χ1v) is 9.82. The van der Waals surface area contributed by atoms with E-state index >= 15 is 0 Å². The van der Waals surface area contributed by atoms with Gasteiger partial charge < -0.3 is 5.32 Å². The van der Waals surface area contributed by atoms with Crippen LogP contribution in [0.15, 0.2) is 41.2 Å². The Balaban J connectivity index is 1.54. The fourth-order valence-electron chi connectivity index (χ4n) is 3.35. The van der Waals surface area contributed by atoms with Crippen molar-refractivity contribution in [2.24, 2.45) is 0 Å². The van der Waals surface area contributed by atoms with E-state index in [9.17, 15) is 9.59 Å². The van der Waals surface area contributed by atoms with E-state index in [4.69, 9.17) is 0 Å². The number of nitrogens with one attached hydrogen (secondary N) is 1. The molecule has 0 aliphatic carbocycles.